The molecule has 4 aromatic heterocycles. The lowest BCUT2D eigenvalue weighted by Crippen LogP contribution is -1.92. The molecule has 0 saturated heterocycles. The van der Waals surface area contributed by atoms with Gasteiger partial charge in [-0.15, -0.1) is 22.7 Å². The molecule has 27 heavy (non-hydrogen) atoms. The van der Waals surface area contributed by atoms with E-state index in [4.69, 9.17) is 9.97 Å². The minimum atomic E-state index is 0.703. The number of allylic oxidation sites excluding steroid dienone is 2. The number of hydrogen-bond donors (Lipinski definition) is 0. The molecular formula is C20H15N5S2. The summed E-state index contributed by atoms with van der Waals surface area (Å²) in [5.74, 6) is 0. The average molecular weight is 390 g/mol. The second kappa shape index (κ2) is 7.30. The van der Waals surface area contributed by atoms with Crippen molar-refractivity contribution in [2.45, 2.75) is 6.92 Å². The molecule has 0 unspecified atom stereocenters. The van der Waals surface area contributed by atoms with Crippen molar-refractivity contribution in [3.8, 4) is 21.1 Å². The van der Waals surface area contributed by atoms with Crippen LogP contribution in [0.4, 0.5) is 0 Å². The standard InChI is InChI=1S/C20H15N5S2/c1-4-5-15(21-3)18-14-6-7-26-17(14)8-16(25-18)19-12(2)24-20(27-19)13-9-22-11-23-10-13/h4-11H,1,3H2,2H3/b15-5-. The van der Waals surface area contributed by atoms with Crippen LogP contribution in [0.15, 0.2) is 60.0 Å². The van der Waals surface area contributed by atoms with Crippen LogP contribution in [0, 0.1) is 6.92 Å². The summed E-state index contributed by atoms with van der Waals surface area (Å²) in [5, 5.41) is 3.99. The highest BCUT2D eigenvalue weighted by Crippen LogP contribution is 2.37. The summed E-state index contributed by atoms with van der Waals surface area (Å²) < 4.78 is 1.14. The van der Waals surface area contributed by atoms with E-state index >= 15 is 0 Å². The Hall–Kier alpha value is -3.03. The Bertz CT molecular complexity index is 1170. The third-order valence-corrected chi connectivity index (χ3v) is 6.07. The number of aryl methyl sites for hydroxylation is 1. The zero-order chi connectivity index (χ0) is 18.8. The topological polar surface area (TPSA) is 63.9 Å². The molecule has 4 heterocycles. The fourth-order valence-corrected chi connectivity index (χ4v) is 4.59. The number of thiophene rings is 1. The average Bonchev–Trinajstić information content (AvgIpc) is 3.32. The van der Waals surface area contributed by atoms with Crippen molar-refractivity contribution in [1.82, 2.24) is 19.9 Å². The number of hydrogen-bond acceptors (Lipinski definition) is 7. The van der Waals surface area contributed by atoms with Gasteiger partial charge < -0.3 is 0 Å². The zero-order valence-electron chi connectivity index (χ0n) is 14.6. The lowest BCUT2D eigenvalue weighted by Gasteiger charge is -2.06. The summed E-state index contributed by atoms with van der Waals surface area (Å²) in [4.78, 5) is 22.9. The molecule has 0 aliphatic carbocycles. The minimum Gasteiger partial charge on any atom is -0.262 e. The Morgan fingerprint density at radius 1 is 1.22 bits per heavy atom. The van der Waals surface area contributed by atoms with E-state index in [0.717, 1.165) is 42.6 Å². The minimum absolute atomic E-state index is 0.703. The van der Waals surface area contributed by atoms with Crippen molar-refractivity contribution >= 4 is 45.2 Å². The molecule has 132 valence electrons. The Balaban J connectivity index is 1.90. The van der Waals surface area contributed by atoms with E-state index < -0.39 is 0 Å². The predicted molar refractivity (Wildman–Crippen MR) is 114 cm³/mol. The quantitative estimate of drug-likeness (QED) is 0.338. The van der Waals surface area contributed by atoms with Gasteiger partial charge in [0.25, 0.3) is 0 Å². The third kappa shape index (κ3) is 3.22. The van der Waals surface area contributed by atoms with Crippen LogP contribution in [-0.2, 0) is 0 Å². The highest BCUT2D eigenvalue weighted by Gasteiger charge is 2.17. The van der Waals surface area contributed by atoms with Crippen molar-refractivity contribution in [2.75, 3.05) is 0 Å². The summed E-state index contributed by atoms with van der Waals surface area (Å²) in [7, 11) is 0. The predicted octanol–water partition coefficient (Wildman–Crippen LogP) is 5.41. The molecule has 0 N–H and O–H groups in total. The first-order valence-electron chi connectivity index (χ1n) is 8.12. The molecule has 0 aromatic carbocycles. The van der Waals surface area contributed by atoms with E-state index in [0.29, 0.717) is 5.70 Å². The summed E-state index contributed by atoms with van der Waals surface area (Å²) >= 11 is 3.26. The first-order chi connectivity index (χ1) is 13.2. The lowest BCUT2D eigenvalue weighted by molar-refractivity contribution is 1.16. The maximum atomic E-state index is 4.90. The van der Waals surface area contributed by atoms with Gasteiger partial charge in [-0.25, -0.2) is 19.9 Å². The number of aliphatic imine (C=N–C) groups is 1. The number of thiazole rings is 1. The molecule has 0 fully saturated rings. The normalized spacial score (nSPS) is 11.7. The van der Waals surface area contributed by atoms with Gasteiger partial charge in [0.1, 0.15) is 11.3 Å². The van der Waals surface area contributed by atoms with Crippen LogP contribution >= 0.6 is 22.7 Å². The van der Waals surface area contributed by atoms with Crippen molar-refractivity contribution in [3.63, 3.8) is 0 Å². The van der Waals surface area contributed by atoms with Gasteiger partial charge in [0.2, 0.25) is 0 Å². The van der Waals surface area contributed by atoms with Crippen LogP contribution in [0.25, 0.3) is 36.9 Å². The van der Waals surface area contributed by atoms with E-state index in [2.05, 4.69) is 45.8 Å². The summed E-state index contributed by atoms with van der Waals surface area (Å²) in [6, 6.07) is 4.16. The first-order valence-corrected chi connectivity index (χ1v) is 9.82. The van der Waals surface area contributed by atoms with Crippen LogP contribution < -0.4 is 0 Å². The molecule has 0 radical (unpaired) electrons. The number of aromatic nitrogens is 4. The van der Waals surface area contributed by atoms with E-state index in [1.165, 1.54) is 6.33 Å². The maximum Gasteiger partial charge on any atom is 0.127 e. The van der Waals surface area contributed by atoms with Gasteiger partial charge in [-0.05, 0) is 37.2 Å². The Kier molecular flexibility index (Phi) is 4.70. The highest BCUT2D eigenvalue weighted by molar-refractivity contribution is 7.19. The lowest BCUT2D eigenvalue weighted by atomic mass is 10.1. The van der Waals surface area contributed by atoms with Crippen molar-refractivity contribution < 1.29 is 0 Å². The number of rotatable bonds is 5. The van der Waals surface area contributed by atoms with Crippen molar-refractivity contribution in [1.29, 1.82) is 0 Å². The Morgan fingerprint density at radius 2 is 2.04 bits per heavy atom. The zero-order valence-corrected chi connectivity index (χ0v) is 16.2. The highest BCUT2D eigenvalue weighted by atomic mass is 32.1. The van der Waals surface area contributed by atoms with E-state index in [1.54, 1.807) is 41.1 Å². The summed E-state index contributed by atoms with van der Waals surface area (Å²) in [6.45, 7) is 9.44. The fourth-order valence-electron chi connectivity index (χ4n) is 2.76. The van der Waals surface area contributed by atoms with E-state index in [-0.39, 0.29) is 0 Å². The second-order valence-corrected chi connectivity index (χ2v) is 7.64. The largest absolute Gasteiger partial charge is 0.262 e. The van der Waals surface area contributed by atoms with Crippen LogP contribution in [0.1, 0.15) is 11.4 Å². The molecule has 5 nitrogen and oxygen atoms in total. The van der Waals surface area contributed by atoms with Crippen LogP contribution in [0.5, 0.6) is 0 Å². The van der Waals surface area contributed by atoms with Crippen LogP contribution in [-0.4, -0.2) is 26.7 Å². The van der Waals surface area contributed by atoms with Gasteiger partial charge >= 0.3 is 0 Å². The number of pyridine rings is 1. The van der Waals surface area contributed by atoms with Crippen molar-refractivity contribution in [2.24, 2.45) is 4.99 Å². The molecule has 4 rings (SSSR count). The number of fused-ring (bicyclic) bond motifs is 1. The van der Waals surface area contributed by atoms with Crippen LogP contribution in [0.2, 0.25) is 0 Å². The maximum absolute atomic E-state index is 4.90. The van der Waals surface area contributed by atoms with E-state index in [9.17, 15) is 0 Å². The summed E-state index contributed by atoms with van der Waals surface area (Å²) in [6.07, 6.45) is 8.57. The van der Waals surface area contributed by atoms with Gasteiger partial charge in [0.05, 0.1) is 27.7 Å². The SMILES string of the molecule is C=C/C=C(\N=C)c1nc(-c2sc(-c3cncnc3)nc2C)cc2sccc12. The molecule has 0 saturated carbocycles. The molecule has 0 bridgehead atoms. The molecule has 0 atom stereocenters. The Labute approximate surface area is 164 Å². The van der Waals surface area contributed by atoms with Gasteiger partial charge in [-0.1, -0.05) is 12.7 Å². The fraction of sp³-hybridized carbons (Fsp3) is 0.0500. The van der Waals surface area contributed by atoms with Crippen molar-refractivity contribution in [3.05, 3.63) is 66.4 Å². The monoisotopic (exact) mass is 389 g/mol. The molecule has 0 aliphatic rings. The molecule has 0 amide bonds. The first kappa shape index (κ1) is 17.4. The second-order valence-electron chi connectivity index (χ2n) is 5.69. The molecule has 0 spiro atoms. The molecule has 7 heteroatoms. The summed E-state index contributed by atoms with van der Waals surface area (Å²) in [5.41, 5.74) is 4.20. The van der Waals surface area contributed by atoms with Gasteiger partial charge in [-0.3, -0.25) is 4.99 Å². The van der Waals surface area contributed by atoms with E-state index in [1.807, 2.05) is 13.0 Å². The van der Waals surface area contributed by atoms with Gasteiger partial charge in [-0.2, -0.15) is 0 Å². The van der Waals surface area contributed by atoms with Gasteiger partial charge in [0.15, 0.2) is 0 Å². The molecule has 4 aromatic rings. The molecular weight excluding hydrogens is 374 g/mol. The molecule has 0 aliphatic heterocycles. The van der Waals surface area contributed by atoms with Gasteiger partial charge in [0, 0.05) is 28.0 Å². The smallest absolute Gasteiger partial charge is 0.127 e. The number of nitrogens with zero attached hydrogens (tertiary/aromatic N) is 5. The Morgan fingerprint density at radius 3 is 2.78 bits per heavy atom. The third-order valence-electron chi connectivity index (χ3n) is 3.98. The van der Waals surface area contributed by atoms with Crippen LogP contribution in [0.3, 0.4) is 0 Å².